The van der Waals surface area contributed by atoms with Crippen LogP contribution in [-0.4, -0.2) is 4.98 Å². The first-order chi connectivity index (χ1) is 12.3. The summed E-state index contributed by atoms with van der Waals surface area (Å²) >= 11 is 0. The monoisotopic (exact) mass is 360 g/mol. The highest BCUT2D eigenvalue weighted by Gasteiger charge is 2.31. The van der Waals surface area contributed by atoms with Crippen molar-refractivity contribution in [1.82, 2.24) is 10.3 Å². The molecule has 2 atom stereocenters. The molecule has 0 spiro atoms. The SMILES string of the molecule is C=C(CC)NC1c2cncc(-c3ccc(C(F)(F)F)cc3)c2CCC1C. The summed E-state index contributed by atoms with van der Waals surface area (Å²) in [5, 5.41) is 3.50. The summed E-state index contributed by atoms with van der Waals surface area (Å²) < 4.78 is 38.4. The van der Waals surface area contributed by atoms with E-state index in [0.29, 0.717) is 5.92 Å². The van der Waals surface area contributed by atoms with E-state index in [2.05, 4.69) is 30.7 Å². The van der Waals surface area contributed by atoms with Crippen LogP contribution in [0.4, 0.5) is 13.2 Å². The quantitative estimate of drug-likeness (QED) is 0.734. The van der Waals surface area contributed by atoms with E-state index in [0.717, 1.165) is 53.8 Å². The maximum absolute atomic E-state index is 12.8. The summed E-state index contributed by atoms with van der Waals surface area (Å²) in [6.45, 7) is 8.31. The van der Waals surface area contributed by atoms with E-state index in [-0.39, 0.29) is 6.04 Å². The average molecular weight is 360 g/mol. The van der Waals surface area contributed by atoms with Crippen molar-refractivity contribution in [2.24, 2.45) is 5.92 Å². The molecular weight excluding hydrogens is 337 g/mol. The Bertz CT molecular complexity index is 794. The van der Waals surface area contributed by atoms with Gasteiger partial charge in [-0.1, -0.05) is 32.6 Å². The molecule has 1 heterocycles. The second-order valence-electron chi connectivity index (χ2n) is 6.93. The van der Waals surface area contributed by atoms with E-state index in [9.17, 15) is 13.2 Å². The van der Waals surface area contributed by atoms with Crippen LogP contribution >= 0.6 is 0 Å². The first-order valence-corrected chi connectivity index (χ1v) is 8.90. The molecule has 0 aliphatic heterocycles. The number of nitrogens with one attached hydrogen (secondary N) is 1. The zero-order valence-electron chi connectivity index (χ0n) is 15.0. The Kier molecular flexibility index (Phi) is 5.08. The van der Waals surface area contributed by atoms with Crippen molar-refractivity contribution < 1.29 is 13.2 Å². The second kappa shape index (κ2) is 7.14. The normalized spacial score (nSPS) is 19.7. The largest absolute Gasteiger partial charge is 0.416 e. The predicted molar refractivity (Wildman–Crippen MR) is 97.5 cm³/mol. The van der Waals surface area contributed by atoms with Crippen LogP contribution in [0, 0.1) is 5.92 Å². The van der Waals surface area contributed by atoms with Crippen LogP contribution in [0.3, 0.4) is 0 Å². The van der Waals surface area contributed by atoms with Crippen LogP contribution in [0.2, 0.25) is 0 Å². The van der Waals surface area contributed by atoms with Gasteiger partial charge in [-0.15, -0.1) is 0 Å². The molecule has 138 valence electrons. The van der Waals surface area contributed by atoms with Crippen LogP contribution in [-0.2, 0) is 12.6 Å². The number of allylic oxidation sites excluding steroid dienone is 1. The zero-order chi connectivity index (χ0) is 18.9. The molecule has 1 aliphatic rings. The fourth-order valence-electron chi connectivity index (χ4n) is 3.53. The summed E-state index contributed by atoms with van der Waals surface area (Å²) in [6, 6.07) is 5.47. The standard InChI is InChI=1S/C21H23F3N2/c1-4-14(3)26-20-13(2)5-10-17-18(11-25-12-19(17)20)15-6-8-16(9-7-15)21(22,23)24/h6-9,11-13,20,26H,3-5,10H2,1-2H3. The van der Waals surface area contributed by atoms with Gasteiger partial charge in [0.15, 0.2) is 0 Å². The smallest absolute Gasteiger partial charge is 0.382 e. The molecule has 1 aliphatic carbocycles. The first kappa shape index (κ1) is 18.5. The topological polar surface area (TPSA) is 24.9 Å². The highest BCUT2D eigenvalue weighted by Crippen LogP contribution is 2.39. The van der Waals surface area contributed by atoms with Crippen molar-refractivity contribution in [2.75, 3.05) is 0 Å². The van der Waals surface area contributed by atoms with Crippen LogP contribution in [0.5, 0.6) is 0 Å². The molecular formula is C21H23F3N2. The van der Waals surface area contributed by atoms with E-state index < -0.39 is 11.7 Å². The molecule has 0 fully saturated rings. The number of pyridine rings is 1. The van der Waals surface area contributed by atoms with E-state index in [1.165, 1.54) is 17.7 Å². The van der Waals surface area contributed by atoms with E-state index in [4.69, 9.17) is 0 Å². The third-order valence-corrected chi connectivity index (χ3v) is 5.15. The third kappa shape index (κ3) is 3.62. The fraction of sp³-hybridized carbons (Fsp3) is 0.381. The molecule has 0 saturated heterocycles. The Hall–Kier alpha value is -2.30. The number of alkyl halides is 3. The van der Waals surface area contributed by atoms with Gasteiger partial charge in [-0.2, -0.15) is 13.2 Å². The number of hydrogen-bond donors (Lipinski definition) is 1. The lowest BCUT2D eigenvalue weighted by molar-refractivity contribution is -0.137. The maximum Gasteiger partial charge on any atom is 0.416 e. The van der Waals surface area contributed by atoms with Gasteiger partial charge in [-0.3, -0.25) is 4.98 Å². The molecule has 3 rings (SSSR count). The van der Waals surface area contributed by atoms with Crippen molar-refractivity contribution in [3.05, 3.63) is 65.6 Å². The molecule has 0 saturated carbocycles. The molecule has 0 amide bonds. The Morgan fingerprint density at radius 1 is 1.23 bits per heavy atom. The lowest BCUT2D eigenvalue weighted by Crippen LogP contribution is -2.30. The lowest BCUT2D eigenvalue weighted by atomic mass is 9.79. The number of fused-ring (bicyclic) bond motifs is 1. The molecule has 2 nitrogen and oxygen atoms in total. The number of benzene rings is 1. The number of aromatic nitrogens is 1. The number of halogens is 3. The number of nitrogens with zero attached hydrogens (tertiary/aromatic N) is 1. The Labute approximate surface area is 152 Å². The molecule has 1 aromatic carbocycles. The van der Waals surface area contributed by atoms with Crippen molar-refractivity contribution in [1.29, 1.82) is 0 Å². The lowest BCUT2D eigenvalue weighted by Gasteiger charge is -2.34. The van der Waals surface area contributed by atoms with E-state index >= 15 is 0 Å². The minimum Gasteiger partial charge on any atom is -0.382 e. The van der Waals surface area contributed by atoms with Crippen LogP contribution < -0.4 is 5.32 Å². The molecule has 0 bridgehead atoms. The summed E-state index contributed by atoms with van der Waals surface area (Å²) in [7, 11) is 0. The Balaban J connectivity index is 2.00. The number of hydrogen-bond acceptors (Lipinski definition) is 2. The van der Waals surface area contributed by atoms with Crippen molar-refractivity contribution in [3.8, 4) is 11.1 Å². The van der Waals surface area contributed by atoms with Gasteiger partial charge in [0.05, 0.1) is 11.6 Å². The van der Waals surface area contributed by atoms with E-state index in [1.54, 1.807) is 6.20 Å². The molecule has 2 aromatic rings. The van der Waals surface area contributed by atoms with Gasteiger partial charge in [0, 0.05) is 23.7 Å². The molecule has 5 heteroatoms. The van der Waals surface area contributed by atoms with Gasteiger partial charge in [0.2, 0.25) is 0 Å². The Morgan fingerprint density at radius 3 is 2.54 bits per heavy atom. The minimum absolute atomic E-state index is 0.132. The van der Waals surface area contributed by atoms with Crippen molar-refractivity contribution in [2.45, 2.75) is 45.3 Å². The fourth-order valence-corrected chi connectivity index (χ4v) is 3.53. The summed E-state index contributed by atoms with van der Waals surface area (Å²) in [6.07, 6.45) is 2.07. The third-order valence-electron chi connectivity index (χ3n) is 5.15. The van der Waals surface area contributed by atoms with Gasteiger partial charge in [0.25, 0.3) is 0 Å². The first-order valence-electron chi connectivity index (χ1n) is 8.90. The summed E-state index contributed by atoms with van der Waals surface area (Å²) in [4.78, 5) is 4.37. The molecule has 0 radical (unpaired) electrons. The highest BCUT2D eigenvalue weighted by atomic mass is 19.4. The van der Waals surface area contributed by atoms with Gasteiger partial charge in [-0.25, -0.2) is 0 Å². The summed E-state index contributed by atoms with van der Waals surface area (Å²) in [5.41, 5.74) is 4.32. The van der Waals surface area contributed by atoms with Crippen LogP contribution in [0.15, 0.2) is 48.9 Å². The molecule has 1 aromatic heterocycles. The van der Waals surface area contributed by atoms with Crippen LogP contribution in [0.25, 0.3) is 11.1 Å². The van der Waals surface area contributed by atoms with Gasteiger partial charge in [0.1, 0.15) is 0 Å². The van der Waals surface area contributed by atoms with Crippen molar-refractivity contribution >= 4 is 0 Å². The maximum atomic E-state index is 12.8. The van der Waals surface area contributed by atoms with Gasteiger partial charge in [-0.05, 0) is 54.0 Å². The molecule has 2 unspecified atom stereocenters. The highest BCUT2D eigenvalue weighted by molar-refractivity contribution is 5.68. The molecule has 1 N–H and O–H groups in total. The predicted octanol–water partition coefficient (Wildman–Crippen LogP) is 5.90. The van der Waals surface area contributed by atoms with Gasteiger partial charge < -0.3 is 5.32 Å². The minimum atomic E-state index is -4.32. The number of rotatable bonds is 4. The van der Waals surface area contributed by atoms with E-state index in [1.807, 2.05) is 6.20 Å². The second-order valence-corrected chi connectivity index (χ2v) is 6.93. The molecule has 26 heavy (non-hydrogen) atoms. The Morgan fingerprint density at radius 2 is 1.92 bits per heavy atom. The summed E-state index contributed by atoms with van der Waals surface area (Å²) in [5.74, 6) is 0.440. The average Bonchev–Trinajstić information content (AvgIpc) is 2.62. The zero-order valence-corrected chi connectivity index (χ0v) is 15.0. The van der Waals surface area contributed by atoms with Crippen LogP contribution in [0.1, 0.15) is 49.4 Å². The van der Waals surface area contributed by atoms with Crippen molar-refractivity contribution in [3.63, 3.8) is 0 Å². The van der Waals surface area contributed by atoms with Gasteiger partial charge >= 0.3 is 6.18 Å².